The standard InChI is InChI=1S/C72H57N/c1-71(2)67-45-61(73(59-35-31-52(32-36-59)48-19-9-5-10-20-48)60-37-33-53(34-38-60)49-21-11-6-12-22-49)39-40-62(67)64-46-69-65(47-68(64)71)66-44-58(56-29-17-27-54(41-56)50-23-13-7-14-24-50)43-63(70(66)72(69,3)4)57-30-18-28-55(42-57)51-25-15-8-16-26-51/h5-6,8-13,15-47H,7,14H2,1-4H3. The first-order valence-electron chi connectivity index (χ1n) is 26.0. The molecule has 1 heteroatoms. The van der Waals surface area contributed by atoms with Crippen LogP contribution in [0.25, 0.3) is 83.5 Å². The highest BCUT2D eigenvalue weighted by molar-refractivity contribution is 5.97. The van der Waals surface area contributed by atoms with Crippen LogP contribution in [-0.4, -0.2) is 0 Å². The van der Waals surface area contributed by atoms with Crippen LogP contribution in [0.5, 0.6) is 0 Å². The maximum absolute atomic E-state index is 2.57. The van der Waals surface area contributed by atoms with Gasteiger partial charge in [0.25, 0.3) is 0 Å². The molecule has 0 saturated carbocycles. The molecule has 0 fully saturated rings. The van der Waals surface area contributed by atoms with E-state index in [2.05, 4.69) is 281 Å². The third-order valence-corrected chi connectivity index (χ3v) is 16.1. The summed E-state index contributed by atoms with van der Waals surface area (Å²) in [6, 6.07) is 85.9. The normalized spacial score (nSPS) is 14.4. The Morgan fingerprint density at radius 3 is 1.34 bits per heavy atom. The summed E-state index contributed by atoms with van der Waals surface area (Å²) < 4.78 is 0. The fourth-order valence-electron chi connectivity index (χ4n) is 12.2. The highest BCUT2D eigenvalue weighted by atomic mass is 15.1. The highest BCUT2D eigenvalue weighted by Crippen LogP contribution is 2.59. The van der Waals surface area contributed by atoms with Crippen molar-refractivity contribution in [1.82, 2.24) is 0 Å². The maximum Gasteiger partial charge on any atom is 0.0465 e. The number of anilines is 3. The zero-order valence-corrected chi connectivity index (χ0v) is 42.0. The van der Waals surface area contributed by atoms with E-state index < -0.39 is 0 Å². The van der Waals surface area contributed by atoms with Gasteiger partial charge in [0, 0.05) is 27.9 Å². The molecule has 0 atom stereocenters. The van der Waals surface area contributed by atoms with E-state index in [-0.39, 0.29) is 10.8 Å². The van der Waals surface area contributed by atoms with E-state index in [0.717, 1.165) is 29.9 Å². The molecule has 0 heterocycles. The van der Waals surface area contributed by atoms with E-state index >= 15 is 0 Å². The van der Waals surface area contributed by atoms with Crippen molar-refractivity contribution in [1.29, 1.82) is 0 Å². The predicted molar refractivity (Wildman–Crippen MR) is 310 cm³/mol. The van der Waals surface area contributed by atoms with Crippen molar-refractivity contribution in [3.8, 4) is 77.9 Å². The van der Waals surface area contributed by atoms with Crippen LogP contribution < -0.4 is 4.90 Å². The molecule has 73 heavy (non-hydrogen) atoms. The van der Waals surface area contributed by atoms with Gasteiger partial charge >= 0.3 is 0 Å². The lowest BCUT2D eigenvalue weighted by atomic mass is 9.77. The smallest absolute Gasteiger partial charge is 0.0465 e. The summed E-state index contributed by atoms with van der Waals surface area (Å²) in [4.78, 5) is 2.42. The molecular formula is C72H57N. The van der Waals surface area contributed by atoms with Crippen molar-refractivity contribution >= 4 is 22.6 Å². The molecule has 0 amide bonds. The summed E-state index contributed by atoms with van der Waals surface area (Å²) in [7, 11) is 0. The van der Waals surface area contributed by atoms with E-state index in [4.69, 9.17) is 0 Å². The number of hydrogen-bond donors (Lipinski definition) is 0. The molecular weight excluding hydrogens is 879 g/mol. The minimum atomic E-state index is -0.267. The molecule has 0 aliphatic heterocycles. The maximum atomic E-state index is 2.57. The summed E-state index contributed by atoms with van der Waals surface area (Å²) >= 11 is 0. The molecule has 0 unspecified atom stereocenters. The summed E-state index contributed by atoms with van der Waals surface area (Å²) in [5.74, 6) is 0. The van der Waals surface area contributed by atoms with Gasteiger partial charge in [0.2, 0.25) is 0 Å². The quantitative estimate of drug-likeness (QED) is 0.139. The fraction of sp³-hybridized carbons (Fsp3) is 0.111. The van der Waals surface area contributed by atoms with Crippen molar-refractivity contribution in [3.05, 3.63) is 277 Å². The average Bonchev–Trinajstić information content (AvgIpc) is 3.82. The van der Waals surface area contributed by atoms with E-state index in [0.29, 0.717) is 0 Å². The van der Waals surface area contributed by atoms with Gasteiger partial charge in [0.05, 0.1) is 0 Å². The predicted octanol–water partition coefficient (Wildman–Crippen LogP) is 19.8. The Morgan fingerprint density at radius 2 is 0.753 bits per heavy atom. The first kappa shape index (κ1) is 44.4. The van der Waals surface area contributed by atoms with Crippen molar-refractivity contribution in [2.45, 2.75) is 51.4 Å². The van der Waals surface area contributed by atoms with E-state index in [9.17, 15) is 0 Å². The molecule has 0 spiro atoms. The summed E-state index contributed by atoms with van der Waals surface area (Å²) in [6.45, 7) is 9.76. The topological polar surface area (TPSA) is 3.24 Å². The number of rotatable bonds is 9. The Kier molecular flexibility index (Phi) is 10.7. The van der Waals surface area contributed by atoms with Crippen LogP contribution in [0.15, 0.2) is 249 Å². The van der Waals surface area contributed by atoms with Crippen LogP contribution in [0.4, 0.5) is 17.1 Å². The number of benzene rings is 10. The van der Waals surface area contributed by atoms with Gasteiger partial charge in [-0.2, -0.15) is 0 Å². The number of fused-ring (bicyclic) bond motifs is 6. The van der Waals surface area contributed by atoms with Crippen LogP contribution in [0, 0.1) is 0 Å². The Hall–Kier alpha value is -8.52. The zero-order chi connectivity index (χ0) is 49.3. The van der Waals surface area contributed by atoms with Crippen molar-refractivity contribution < 1.29 is 0 Å². The Morgan fingerprint density at radius 1 is 0.301 bits per heavy atom. The van der Waals surface area contributed by atoms with Crippen LogP contribution in [-0.2, 0) is 10.8 Å². The number of nitrogens with zero attached hydrogens (tertiary/aromatic N) is 1. The lowest BCUT2D eigenvalue weighted by Crippen LogP contribution is -2.18. The molecule has 0 radical (unpaired) electrons. The van der Waals surface area contributed by atoms with E-state index in [1.54, 1.807) is 0 Å². The Bertz CT molecular complexity index is 3710. The monoisotopic (exact) mass is 935 g/mol. The van der Waals surface area contributed by atoms with Crippen LogP contribution in [0.2, 0.25) is 0 Å². The minimum Gasteiger partial charge on any atom is -0.310 e. The molecule has 0 N–H and O–H groups in total. The SMILES string of the molecule is CC1(C)c2cc(N(c3ccc(-c4ccccc4)cc3)c3ccc(-c4ccccc4)cc3)ccc2-c2cc3c(cc21)-c1cc(-c2cccc(C4=CCCC=C4)c2)cc(-c2cccc(-c4ccccc4)c2)c1C3(C)C. The lowest BCUT2D eigenvalue weighted by molar-refractivity contribution is 0.653. The first-order chi connectivity index (χ1) is 35.7. The minimum absolute atomic E-state index is 0.261. The second-order valence-electron chi connectivity index (χ2n) is 21.2. The lowest BCUT2D eigenvalue weighted by Gasteiger charge is -2.28. The molecule has 1 nitrogen and oxygen atoms in total. The van der Waals surface area contributed by atoms with E-state index in [1.807, 2.05) is 0 Å². The Balaban J connectivity index is 0.941. The number of hydrogen-bond acceptors (Lipinski definition) is 1. The molecule has 10 aromatic carbocycles. The van der Waals surface area contributed by atoms with Gasteiger partial charge in [-0.15, -0.1) is 0 Å². The highest BCUT2D eigenvalue weighted by Gasteiger charge is 2.43. The average molecular weight is 936 g/mol. The molecule has 3 aliphatic carbocycles. The van der Waals surface area contributed by atoms with Crippen LogP contribution in [0.1, 0.15) is 68.4 Å². The Labute approximate surface area is 431 Å². The summed E-state index contributed by atoms with van der Waals surface area (Å²) in [5, 5.41) is 0. The fourth-order valence-corrected chi connectivity index (χ4v) is 12.2. The van der Waals surface area contributed by atoms with Gasteiger partial charge in [0.15, 0.2) is 0 Å². The van der Waals surface area contributed by atoms with E-state index in [1.165, 1.54) is 111 Å². The molecule has 0 saturated heterocycles. The molecule has 3 aliphatic rings. The first-order valence-corrected chi connectivity index (χ1v) is 26.0. The molecule has 350 valence electrons. The van der Waals surface area contributed by atoms with Gasteiger partial charge < -0.3 is 4.90 Å². The van der Waals surface area contributed by atoms with Crippen molar-refractivity contribution in [2.24, 2.45) is 0 Å². The van der Waals surface area contributed by atoms with Gasteiger partial charge in [-0.05, 0) is 197 Å². The molecule has 0 bridgehead atoms. The zero-order valence-electron chi connectivity index (χ0n) is 42.0. The van der Waals surface area contributed by atoms with Crippen LogP contribution >= 0.6 is 0 Å². The summed E-state index contributed by atoms with van der Waals surface area (Å²) in [5.41, 5.74) is 28.6. The van der Waals surface area contributed by atoms with Gasteiger partial charge in [-0.1, -0.05) is 204 Å². The van der Waals surface area contributed by atoms with Crippen molar-refractivity contribution in [3.63, 3.8) is 0 Å². The largest absolute Gasteiger partial charge is 0.310 e. The third-order valence-electron chi connectivity index (χ3n) is 16.1. The third kappa shape index (κ3) is 7.70. The number of allylic oxidation sites excluding steroid dienone is 4. The van der Waals surface area contributed by atoms with Crippen LogP contribution in [0.3, 0.4) is 0 Å². The van der Waals surface area contributed by atoms with Gasteiger partial charge in [-0.25, -0.2) is 0 Å². The molecule has 0 aromatic heterocycles. The van der Waals surface area contributed by atoms with Gasteiger partial charge in [0.1, 0.15) is 0 Å². The van der Waals surface area contributed by atoms with Crippen molar-refractivity contribution in [2.75, 3.05) is 4.90 Å². The second kappa shape index (κ2) is 17.7. The van der Waals surface area contributed by atoms with Gasteiger partial charge in [-0.3, -0.25) is 0 Å². The molecule has 10 aromatic rings. The molecule has 13 rings (SSSR count). The second-order valence-corrected chi connectivity index (χ2v) is 21.2. The summed E-state index contributed by atoms with van der Waals surface area (Å²) in [6.07, 6.45) is 9.16.